The van der Waals surface area contributed by atoms with Crippen LogP contribution in [0.1, 0.15) is 42.2 Å². The first-order valence-electron chi connectivity index (χ1n) is 9.41. The molecule has 0 saturated carbocycles. The molecule has 3 rings (SSSR count). The molecule has 0 bridgehead atoms. The summed E-state index contributed by atoms with van der Waals surface area (Å²) >= 11 is 5.93. The molecule has 1 aliphatic rings. The summed E-state index contributed by atoms with van der Waals surface area (Å²) in [5.41, 5.74) is 1.36. The van der Waals surface area contributed by atoms with E-state index in [-0.39, 0.29) is 17.5 Å². The number of carbonyl (C=O) groups excluding carboxylic acids is 1. The van der Waals surface area contributed by atoms with Crippen LogP contribution in [0, 0.1) is 0 Å². The molecule has 144 valence electrons. The fourth-order valence-corrected chi connectivity index (χ4v) is 3.41. The number of piperidine rings is 1. The van der Waals surface area contributed by atoms with Crippen molar-refractivity contribution in [2.24, 2.45) is 0 Å². The van der Waals surface area contributed by atoms with Crippen molar-refractivity contribution >= 4 is 17.5 Å². The Balaban J connectivity index is 1.51. The fraction of sp³-hybridized carbons (Fsp3) is 0.450. The summed E-state index contributed by atoms with van der Waals surface area (Å²) in [6.07, 6.45) is 2.59. The molecule has 2 aromatic rings. The van der Waals surface area contributed by atoms with Gasteiger partial charge in [-0.05, 0) is 43.0 Å². The molecule has 1 amide bonds. The predicted molar refractivity (Wildman–Crippen MR) is 106 cm³/mol. The molecule has 0 unspecified atom stereocenters. The monoisotopic (exact) mass is 388 g/mol. The van der Waals surface area contributed by atoms with E-state index in [4.69, 9.17) is 11.6 Å². The van der Waals surface area contributed by atoms with Gasteiger partial charge in [0.1, 0.15) is 5.69 Å². The number of aromatic nitrogens is 2. The number of hydrogen-bond donors (Lipinski definition) is 1. The highest BCUT2D eigenvalue weighted by Crippen LogP contribution is 2.16. The third kappa shape index (κ3) is 5.40. The maximum absolute atomic E-state index is 12.5. The number of aryl methyl sites for hydroxylation is 1. The lowest BCUT2D eigenvalue weighted by Crippen LogP contribution is -2.44. The van der Waals surface area contributed by atoms with Gasteiger partial charge >= 0.3 is 0 Å². The number of nitrogens with one attached hydrogen (secondary N) is 1. The molecule has 1 saturated heterocycles. The Hall–Kier alpha value is -2.18. The normalized spacial score (nSPS) is 15.6. The van der Waals surface area contributed by atoms with Crippen LogP contribution in [0.4, 0.5) is 0 Å². The number of halogens is 1. The topological polar surface area (TPSA) is 67.2 Å². The minimum atomic E-state index is -0.212. The number of amides is 1. The van der Waals surface area contributed by atoms with Gasteiger partial charge in [0.05, 0.1) is 0 Å². The zero-order valence-electron chi connectivity index (χ0n) is 15.5. The summed E-state index contributed by atoms with van der Waals surface area (Å²) in [5.74, 6) is -0.212. The standard InChI is InChI=1S/C20H25ClN4O2/c1-2-11-25-19(26)8-7-18(23-25)20(27)22-17-9-12-24(13-10-17)14-15-3-5-16(21)6-4-15/h3-8,17H,2,9-14H2,1H3,(H,22,27). The number of nitrogens with zero attached hydrogens (tertiary/aromatic N) is 3. The summed E-state index contributed by atoms with van der Waals surface area (Å²) in [7, 11) is 0. The highest BCUT2D eigenvalue weighted by atomic mass is 35.5. The summed E-state index contributed by atoms with van der Waals surface area (Å²) in [5, 5.41) is 7.98. The van der Waals surface area contributed by atoms with Crippen LogP contribution in [0.15, 0.2) is 41.2 Å². The molecule has 0 radical (unpaired) electrons. The summed E-state index contributed by atoms with van der Waals surface area (Å²) < 4.78 is 1.35. The molecule has 1 aromatic carbocycles. The van der Waals surface area contributed by atoms with Crippen molar-refractivity contribution in [3.8, 4) is 0 Å². The van der Waals surface area contributed by atoms with Gasteiger partial charge in [0, 0.05) is 43.3 Å². The average Bonchev–Trinajstić information content (AvgIpc) is 2.67. The van der Waals surface area contributed by atoms with Gasteiger partial charge in [-0.15, -0.1) is 0 Å². The summed E-state index contributed by atoms with van der Waals surface area (Å²) in [6, 6.07) is 11.0. The number of likely N-dealkylation sites (tertiary alicyclic amines) is 1. The van der Waals surface area contributed by atoms with Crippen LogP contribution in [0.3, 0.4) is 0 Å². The van der Waals surface area contributed by atoms with Crippen molar-refractivity contribution in [2.75, 3.05) is 13.1 Å². The van der Waals surface area contributed by atoms with Crippen LogP contribution in [0.5, 0.6) is 0 Å². The summed E-state index contributed by atoms with van der Waals surface area (Å²) in [4.78, 5) is 26.6. The van der Waals surface area contributed by atoms with Crippen molar-refractivity contribution in [1.82, 2.24) is 20.0 Å². The van der Waals surface area contributed by atoms with Gasteiger partial charge in [0.25, 0.3) is 11.5 Å². The van der Waals surface area contributed by atoms with Crippen LogP contribution in [0.25, 0.3) is 0 Å². The van der Waals surface area contributed by atoms with Gasteiger partial charge < -0.3 is 5.32 Å². The molecule has 2 heterocycles. The zero-order chi connectivity index (χ0) is 19.2. The van der Waals surface area contributed by atoms with Crippen molar-refractivity contribution in [2.45, 2.75) is 45.3 Å². The first kappa shape index (κ1) is 19.6. The molecular weight excluding hydrogens is 364 g/mol. The fourth-order valence-electron chi connectivity index (χ4n) is 3.28. The lowest BCUT2D eigenvalue weighted by atomic mass is 10.0. The Bertz CT molecular complexity index is 827. The number of rotatable bonds is 6. The molecule has 0 spiro atoms. The first-order chi connectivity index (χ1) is 13.0. The molecule has 27 heavy (non-hydrogen) atoms. The maximum atomic E-state index is 12.5. The lowest BCUT2D eigenvalue weighted by molar-refractivity contribution is 0.0901. The number of benzene rings is 1. The van der Waals surface area contributed by atoms with E-state index in [0.717, 1.165) is 43.9 Å². The van der Waals surface area contributed by atoms with Gasteiger partial charge in [0.15, 0.2) is 0 Å². The van der Waals surface area contributed by atoms with E-state index >= 15 is 0 Å². The Morgan fingerprint density at radius 1 is 1.19 bits per heavy atom. The van der Waals surface area contributed by atoms with Crippen molar-refractivity contribution in [1.29, 1.82) is 0 Å². The minimum absolute atomic E-state index is 0.132. The van der Waals surface area contributed by atoms with Crippen molar-refractivity contribution < 1.29 is 4.79 Å². The predicted octanol–water partition coefficient (Wildman–Crippen LogP) is 2.70. The molecule has 6 nitrogen and oxygen atoms in total. The zero-order valence-corrected chi connectivity index (χ0v) is 16.3. The molecule has 7 heteroatoms. The molecular formula is C20H25ClN4O2. The van der Waals surface area contributed by atoms with Crippen LogP contribution in [-0.2, 0) is 13.1 Å². The summed E-state index contributed by atoms with van der Waals surface area (Å²) in [6.45, 7) is 5.23. The van der Waals surface area contributed by atoms with E-state index in [0.29, 0.717) is 12.2 Å². The van der Waals surface area contributed by atoms with Crippen LogP contribution < -0.4 is 10.9 Å². The second kappa shape index (κ2) is 9.15. The highest BCUT2D eigenvalue weighted by molar-refractivity contribution is 6.30. The van der Waals surface area contributed by atoms with Crippen LogP contribution in [-0.4, -0.2) is 39.7 Å². The second-order valence-corrected chi connectivity index (χ2v) is 7.37. The molecule has 0 aliphatic carbocycles. The van der Waals surface area contributed by atoms with E-state index in [1.807, 2.05) is 31.2 Å². The average molecular weight is 389 g/mol. The van der Waals surface area contributed by atoms with Crippen LogP contribution >= 0.6 is 11.6 Å². The Morgan fingerprint density at radius 3 is 2.56 bits per heavy atom. The van der Waals surface area contributed by atoms with Crippen LogP contribution in [0.2, 0.25) is 5.02 Å². The largest absolute Gasteiger partial charge is 0.348 e. The molecule has 1 N–H and O–H groups in total. The second-order valence-electron chi connectivity index (χ2n) is 6.93. The molecule has 1 aliphatic heterocycles. The minimum Gasteiger partial charge on any atom is -0.348 e. The van der Waals surface area contributed by atoms with E-state index in [1.165, 1.54) is 22.4 Å². The number of carbonyl (C=O) groups is 1. The van der Waals surface area contributed by atoms with E-state index < -0.39 is 0 Å². The van der Waals surface area contributed by atoms with Gasteiger partial charge in [-0.25, -0.2) is 4.68 Å². The Kier molecular flexibility index (Phi) is 6.63. The number of hydrogen-bond acceptors (Lipinski definition) is 4. The highest BCUT2D eigenvalue weighted by Gasteiger charge is 2.22. The van der Waals surface area contributed by atoms with E-state index in [9.17, 15) is 9.59 Å². The maximum Gasteiger partial charge on any atom is 0.271 e. The first-order valence-corrected chi connectivity index (χ1v) is 9.79. The third-order valence-corrected chi connectivity index (χ3v) is 5.03. The Labute approximate surface area is 164 Å². The third-order valence-electron chi connectivity index (χ3n) is 4.78. The van der Waals surface area contributed by atoms with Gasteiger partial charge in [-0.2, -0.15) is 5.10 Å². The van der Waals surface area contributed by atoms with E-state index in [1.54, 1.807) is 0 Å². The van der Waals surface area contributed by atoms with Gasteiger partial charge in [0.2, 0.25) is 0 Å². The smallest absolute Gasteiger partial charge is 0.271 e. The lowest BCUT2D eigenvalue weighted by Gasteiger charge is -2.32. The molecule has 0 atom stereocenters. The Morgan fingerprint density at radius 2 is 1.89 bits per heavy atom. The van der Waals surface area contributed by atoms with Gasteiger partial charge in [-0.3, -0.25) is 14.5 Å². The van der Waals surface area contributed by atoms with Crippen molar-refractivity contribution in [3.05, 3.63) is 63.0 Å². The van der Waals surface area contributed by atoms with Crippen molar-refractivity contribution in [3.63, 3.8) is 0 Å². The quantitative estimate of drug-likeness (QED) is 0.826. The SMILES string of the molecule is CCCn1nc(C(=O)NC2CCN(Cc3ccc(Cl)cc3)CC2)ccc1=O. The van der Waals surface area contributed by atoms with E-state index in [2.05, 4.69) is 15.3 Å². The molecule has 1 aromatic heterocycles. The molecule has 1 fully saturated rings. The van der Waals surface area contributed by atoms with Gasteiger partial charge in [-0.1, -0.05) is 30.7 Å².